The quantitative estimate of drug-likeness (QED) is 0.839. The second kappa shape index (κ2) is 4.31. The lowest BCUT2D eigenvalue weighted by molar-refractivity contribution is -0.118. The molecule has 1 aliphatic heterocycles. The van der Waals surface area contributed by atoms with Gasteiger partial charge in [0.05, 0.1) is 4.90 Å². The first kappa shape index (κ1) is 12.6. The van der Waals surface area contributed by atoms with Crippen LogP contribution in [0.25, 0.3) is 10.8 Å². The molecule has 2 aromatic carbocycles. The third kappa shape index (κ3) is 1.92. The van der Waals surface area contributed by atoms with Crippen LogP contribution in [-0.2, 0) is 14.8 Å². The van der Waals surface area contributed by atoms with Crippen molar-refractivity contribution in [1.29, 1.82) is 0 Å². The van der Waals surface area contributed by atoms with Crippen molar-refractivity contribution >= 4 is 32.7 Å². The number of sulfonamides is 1. The van der Waals surface area contributed by atoms with Gasteiger partial charge in [-0.2, -0.15) is 0 Å². The highest BCUT2D eigenvalue weighted by molar-refractivity contribution is 7.89. The van der Waals surface area contributed by atoms with Gasteiger partial charge < -0.3 is 0 Å². The summed E-state index contributed by atoms with van der Waals surface area (Å²) in [6, 6.07) is 10.9. The molecule has 0 aliphatic carbocycles. The standard InChI is InChI=1S/C13H10N2O4S/c16-12-8-15(13(17)14-12)20(18,19)11-6-5-9-3-1-2-4-10(9)7-11/h1-7H,8H2,(H,14,16,17). The zero-order chi connectivity index (χ0) is 14.3. The van der Waals surface area contributed by atoms with Gasteiger partial charge in [-0.15, -0.1) is 0 Å². The van der Waals surface area contributed by atoms with Gasteiger partial charge in [0.2, 0.25) is 5.91 Å². The number of benzene rings is 2. The molecular formula is C13H10N2O4S. The van der Waals surface area contributed by atoms with Crippen molar-refractivity contribution in [2.45, 2.75) is 4.90 Å². The molecule has 0 aromatic heterocycles. The number of fused-ring (bicyclic) bond motifs is 1. The summed E-state index contributed by atoms with van der Waals surface area (Å²) < 4.78 is 25.2. The third-order valence-electron chi connectivity index (χ3n) is 3.07. The van der Waals surface area contributed by atoms with E-state index in [0.717, 1.165) is 10.8 Å². The molecule has 1 N–H and O–H groups in total. The van der Waals surface area contributed by atoms with Crippen LogP contribution < -0.4 is 5.32 Å². The fourth-order valence-corrected chi connectivity index (χ4v) is 3.39. The number of imide groups is 1. The van der Waals surface area contributed by atoms with E-state index in [4.69, 9.17) is 0 Å². The molecular weight excluding hydrogens is 280 g/mol. The fourth-order valence-electron chi connectivity index (χ4n) is 2.07. The molecule has 7 heteroatoms. The zero-order valence-corrected chi connectivity index (χ0v) is 11.1. The maximum absolute atomic E-state index is 12.3. The molecule has 3 amide bonds. The first-order valence-corrected chi connectivity index (χ1v) is 7.28. The lowest BCUT2D eigenvalue weighted by Gasteiger charge is -2.14. The molecule has 2 aromatic rings. The Kier molecular flexibility index (Phi) is 2.72. The highest BCUT2D eigenvalue weighted by Crippen LogP contribution is 2.22. The second-order valence-corrected chi connectivity index (χ2v) is 6.24. The summed E-state index contributed by atoms with van der Waals surface area (Å²) in [5.41, 5.74) is 0. The number of amides is 3. The highest BCUT2D eigenvalue weighted by Gasteiger charge is 2.37. The molecule has 1 fully saturated rings. The van der Waals surface area contributed by atoms with Crippen molar-refractivity contribution in [3.63, 3.8) is 0 Å². The monoisotopic (exact) mass is 290 g/mol. The van der Waals surface area contributed by atoms with E-state index in [1.54, 1.807) is 18.2 Å². The van der Waals surface area contributed by atoms with Gasteiger partial charge in [0.25, 0.3) is 10.0 Å². The summed E-state index contributed by atoms with van der Waals surface area (Å²) in [5, 5.41) is 3.60. The van der Waals surface area contributed by atoms with Crippen LogP contribution in [0.2, 0.25) is 0 Å². The van der Waals surface area contributed by atoms with Crippen molar-refractivity contribution in [2.24, 2.45) is 0 Å². The largest absolute Gasteiger partial charge is 0.338 e. The third-order valence-corrected chi connectivity index (χ3v) is 4.79. The molecule has 1 aliphatic rings. The van der Waals surface area contributed by atoms with Crippen LogP contribution in [-0.4, -0.2) is 31.2 Å². The minimum atomic E-state index is -4.01. The Balaban J connectivity index is 2.09. The number of carbonyl (C=O) groups is 2. The normalized spacial score (nSPS) is 15.7. The molecule has 0 unspecified atom stereocenters. The maximum atomic E-state index is 12.3. The topological polar surface area (TPSA) is 83.6 Å². The van der Waals surface area contributed by atoms with Crippen LogP contribution in [0.15, 0.2) is 47.4 Å². The van der Waals surface area contributed by atoms with E-state index in [1.165, 1.54) is 12.1 Å². The van der Waals surface area contributed by atoms with Crippen molar-refractivity contribution in [2.75, 3.05) is 6.54 Å². The van der Waals surface area contributed by atoms with Crippen LogP contribution in [0.3, 0.4) is 0 Å². The van der Waals surface area contributed by atoms with Crippen molar-refractivity contribution in [3.8, 4) is 0 Å². The zero-order valence-electron chi connectivity index (χ0n) is 10.2. The summed E-state index contributed by atoms with van der Waals surface area (Å²) >= 11 is 0. The Hall–Kier alpha value is -2.41. The number of nitrogens with one attached hydrogen (secondary N) is 1. The van der Waals surface area contributed by atoms with E-state index in [2.05, 4.69) is 0 Å². The molecule has 0 atom stereocenters. The minimum absolute atomic E-state index is 0.0129. The average molecular weight is 290 g/mol. The van der Waals surface area contributed by atoms with Gasteiger partial charge in [-0.05, 0) is 22.9 Å². The molecule has 102 valence electrons. The second-order valence-electron chi connectivity index (χ2n) is 4.37. The van der Waals surface area contributed by atoms with E-state index in [1.807, 2.05) is 17.4 Å². The first-order valence-electron chi connectivity index (χ1n) is 5.84. The predicted octanol–water partition coefficient (Wildman–Crippen LogP) is 1.08. The van der Waals surface area contributed by atoms with Crippen LogP contribution in [0.1, 0.15) is 0 Å². The summed E-state index contributed by atoms with van der Waals surface area (Å²) in [5.74, 6) is -0.626. The van der Waals surface area contributed by atoms with Crippen molar-refractivity contribution in [3.05, 3.63) is 42.5 Å². The van der Waals surface area contributed by atoms with E-state index in [0.29, 0.717) is 4.31 Å². The van der Waals surface area contributed by atoms with Crippen LogP contribution >= 0.6 is 0 Å². The molecule has 0 saturated carbocycles. The summed E-state index contributed by atoms with van der Waals surface area (Å²) in [6.07, 6.45) is 0. The molecule has 1 saturated heterocycles. The van der Waals surface area contributed by atoms with Crippen LogP contribution in [0, 0.1) is 0 Å². The number of carbonyl (C=O) groups excluding carboxylic acids is 2. The summed E-state index contributed by atoms with van der Waals surface area (Å²) in [6.45, 7) is -0.478. The van der Waals surface area contributed by atoms with E-state index < -0.39 is 28.5 Å². The minimum Gasteiger partial charge on any atom is -0.275 e. The van der Waals surface area contributed by atoms with Crippen molar-refractivity contribution in [1.82, 2.24) is 9.62 Å². The number of rotatable bonds is 2. The molecule has 6 nitrogen and oxygen atoms in total. The van der Waals surface area contributed by atoms with Gasteiger partial charge >= 0.3 is 6.03 Å². The van der Waals surface area contributed by atoms with E-state index in [-0.39, 0.29) is 4.90 Å². The number of urea groups is 1. The number of hydrogen-bond donors (Lipinski definition) is 1. The lowest BCUT2D eigenvalue weighted by Crippen LogP contribution is -2.34. The molecule has 0 spiro atoms. The smallest absolute Gasteiger partial charge is 0.275 e. The highest BCUT2D eigenvalue weighted by atomic mass is 32.2. The average Bonchev–Trinajstić information content (AvgIpc) is 2.78. The Morgan fingerprint density at radius 3 is 2.35 bits per heavy atom. The first-order chi connectivity index (χ1) is 9.48. The Morgan fingerprint density at radius 2 is 1.70 bits per heavy atom. The maximum Gasteiger partial charge on any atom is 0.338 e. The number of nitrogens with zero attached hydrogens (tertiary/aromatic N) is 1. The van der Waals surface area contributed by atoms with Crippen molar-refractivity contribution < 1.29 is 18.0 Å². The molecule has 3 rings (SSSR count). The molecule has 0 radical (unpaired) electrons. The number of hydrogen-bond acceptors (Lipinski definition) is 4. The molecule has 1 heterocycles. The van der Waals surface area contributed by atoms with Gasteiger partial charge in [-0.3, -0.25) is 10.1 Å². The van der Waals surface area contributed by atoms with E-state index in [9.17, 15) is 18.0 Å². The van der Waals surface area contributed by atoms with E-state index >= 15 is 0 Å². The Labute approximate surface area is 115 Å². The lowest BCUT2D eigenvalue weighted by atomic mass is 10.1. The van der Waals surface area contributed by atoms with Gasteiger partial charge in [-0.1, -0.05) is 30.3 Å². The fraction of sp³-hybridized carbons (Fsp3) is 0.0769. The van der Waals surface area contributed by atoms with Crippen LogP contribution in [0.4, 0.5) is 4.79 Å². The Morgan fingerprint density at radius 1 is 1.00 bits per heavy atom. The Bertz CT molecular complexity index is 829. The van der Waals surface area contributed by atoms with Gasteiger partial charge in [-0.25, -0.2) is 17.5 Å². The SMILES string of the molecule is O=C1CN(S(=O)(=O)c2ccc3ccccc3c2)C(=O)N1. The predicted molar refractivity (Wildman–Crippen MR) is 71.4 cm³/mol. The molecule has 0 bridgehead atoms. The summed E-state index contributed by atoms with van der Waals surface area (Å²) in [7, 11) is -4.01. The van der Waals surface area contributed by atoms with Crippen LogP contribution in [0.5, 0.6) is 0 Å². The van der Waals surface area contributed by atoms with Gasteiger partial charge in [0, 0.05) is 0 Å². The molecule has 20 heavy (non-hydrogen) atoms. The summed E-state index contributed by atoms with van der Waals surface area (Å²) in [4.78, 5) is 22.6. The van der Waals surface area contributed by atoms with Gasteiger partial charge in [0.1, 0.15) is 6.54 Å². The van der Waals surface area contributed by atoms with Gasteiger partial charge in [0.15, 0.2) is 0 Å².